The quantitative estimate of drug-likeness (QED) is 0.395. The third-order valence-corrected chi connectivity index (χ3v) is 5.01. The Bertz CT molecular complexity index is 1030. The monoisotopic (exact) mass is 382 g/mol. The van der Waals surface area contributed by atoms with Gasteiger partial charge in [0, 0.05) is 30.1 Å². The van der Waals surface area contributed by atoms with Crippen molar-refractivity contribution in [2.45, 2.75) is 12.3 Å². The van der Waals surface area contributed by atoms with Gasteiger partial charge >= 0.3 is 6.09 Å². The SMILES string of the molecule is Nc1ccc(C#CCCNC(=O)OCC2c3ccccc3-c3ccccc32)cc1. The normalized spacial score (nSPS) is 11.7. The highest BCUT2D eigenvalue weighted by molar-refractivity contribution is 5.79. The summed E-state index contributed by atoms with van der Waals surface area (Å²) in [5.74, 6) is 6.15. The first kappa shape index (κ1) is 18.6. The van der Waals surface area contributed by atoms with Crippen LogP contribution >= 0.6 is 0 Å². The summed E-state index contributed by atoms with van der Waals surface area (Å²) in [4.78, 5) is 12.1. The van der Waals surface area contributed by atoms with Gasteiger partial charge in [-0.2, -0.15) is 0 Å². The molecule has 0 unspecified atom stereocenters. The number of fused-ring (bicyclic) bond motifs is 3. The zero-order chi connectivity index (χ0) is 20.1. The molecule has 144 valence electrons. The maximum atomic E-state index is 12.1. The smallest absolute Gasteiger partial charge is 0.407 e. The molecule has 3 N–H and O–H groups in total. The van der Waals surface area contributed by atoms with Gasteiger partial charge < -0.3 is 15.8 Å². The lowest BCUT2D eigenvalue weighted by Crippen LogP contribution is -2.26. The number of rotatable bonds is 4. The van der Waals surface area contributed by atoms with Crippen molar-refractivity contribution in [1.29, 1.82) is 0 Å². The maximum Gasteiger partial charge on any atom is 0.407 e. The van der Waals surface area contributed by atoms with Crippen LogP contribution in [-0.4, -0.2) is 19.2 Å². The number of alkyl carbamates (subject to hydrolysis) is 1. The van der Waals surface area contributed by atoms with E-state index >= 15 is 0 Å². The first-order valence-electron chi connectivity index (χ1n) is 9.65. The highest BCUT2D eigenvalue weighted by Crippen LogP contribution is 2.44. The summed E-state index contributed by atoms with van der Waals surface area (Å²) in [6.45, 7) is 0.760. The lowest BCUT2D eigenvalue weighted by molar-refractivity contribution is 0.143. The van der Waals surface area contributed by atoms with Gasteiger partial charge in [-0.25, -0.2) is 4.79 Å². The van der Waals surface area contributed by atoms with Crippen molar-refractivity contribution in [2.24, 2.45) is 0 Å². The van der Waals surface area contributed by atoms with Gasteiger partial charge in [0.25, 0.3) is 0 Å². The molecule has 0 atom stereocenters. The molecule has 29 heavy (non-hydrogen) atoms. The lowest BCUT2D eigenvalue weighted by atomic mass is 9.98. The van der Waals surface area contributed by atoms with E-state index in [-0.39, 0.29) is 5.92 Å². The Kier molecular flexibility index (Phi) is 5.49. The Hall–Kier alpha value is -3.71. The molecule has 3 aromatic rings. The average molecular weight is 382 g/mol. The summed E-state index contributed by atoms with van der Waals surface area (Å²) < 4.78 is 5.51. The van der Waals surface area contributed by atoms with Crippen LogP contribution in [0.3, 0.4) is 0 Å². The van der Waals surface area contributed by atoms with Crippen LogP contribution in [0.2, 0.25) is 0 Å². The van der Waals surface area contributed by atoms with E-state index in [4.69, 9.17) is 10.5 Å². The van der Waals surface area contributed by atoms with Gasteiger partial charge in [0.2, 0.25) is 0 Å². The van der Waals surface area contributed by atoms with Crippen LogP contribution in [-0.2, 0) is 4.74 Å². The lowest BCUT2D eigenvalue weighted by Gasteiger charge is -2.14. The fourth-order valence-corrected chi connectivity index (χ4v) is 3.61. The Labute approximate surface area is 170 Å². The predicted octanol–water partition coefficient (Wildman–Crippen LogP) is 4.55. The number of amides is 1. The molecule has 4 rings (SSSR count). The number of anilines is 1. The highest BCUT2D eigenvalue weighted by atomic mass is 16.5. The Balaban J connectivity index is 1.29. The van der Waals surface area contributed by atoms with E-state index < -0.39 is 6.09 Å². The van der Waals surface area contributed by atoms with Crippen LogP contribution in [0.5, 0.6) is 0 Å². The standard InChI is InChI=1S/C25H22N2O2/c26-19-14-12-18(13-15-19)7-5-6-16-27-25(28)29-17-24-22-10-3-1-8-20(22)21-9-2-4-11-23(21)24/h1-4,8-15,24H,6,16-17,26H2,(H,27,28). The van der Waals surface area contributed by atoms with E-state index in [0.29, 0.717) is 25.3 Å². The van der Waals surface area contributed by atoms with Crippen molar-refractivity contribution in [3.63, 3.8) is 0 Å². The van der Waals surface area contributed by atoms with Gasteiger partial charge in [0.05, 0.1) is 0 Å². The third-order valence-electron chi connectivity index (χ3n) is 5.01. The number of nitrogens with two attached hydrogens (primary N) is 1. The zero-order valence-electron chi connectivity index (χ0n) is 16.0. The van der Waals surface area contributed by atoms with E-state index in [0.717, 1.165) is 5.56 Å². The second-order valence-corrected chi connectivity index (χ2v) is 6.93. The van der Waals surface area contributed by atoms with E-state index in [2.05, 4.69) is 41.4 Å². The number of carbonyl (C=O) groups is 1. The molecule has 3 aromatic carbocycles. The molecule has 0 bridgehead atoms. The van der Waals surface area contributed by atoms with Gasteiger partial charge in [0.1, 0.15) is 6.61 Å². The zero-order valence-corrected chi connectivity index (χ0v) is 16.0. The Morgan fingerprint density at radius 3 is 2.21 bits per heavy atom. The van der Waals surface area contributed by atoms with Crippen LogP contribution in [0, 0.1) is 11.8 Å². The molecule has 1 aliphatic rings. The number of nitrogens with one attached hydrogen (secondary N) is 1. The van der Waals surface area contributed by atoms with Crippen molar-refractivity contribution in [1.82, 2.24) is 5.32 Å². The molecular weight excluding hydrogens is 360 g/mol. The maximum absolute atomic E-state index is 12.1. The molecular formula is C25H22N2O2. The molecule has 0 spiro atoms. The van der Waals surface area contributed by atoms with Crippen molar-refractivity contribution < 1.29 is 9.53 Å². The number of carbonyl (C=O) groups excluding carboxylic acids is 1. The van der Waals surface area contributed by atoms with Crippen LogP contribution in [0.4, 0.5) is 10.5 Å². The van der Waals surface area contributed by atoms with Gasteiger partial charge in [-0.05, 0) is 46.5 Å². The van der Waals surface area contributed by atoms with E-state index in [1.165, 1.54) is 22.3 Å². The fraction of sp³-hybridized carbons (Fsp3) is 0.160. The van der Waals surface area contributed by atoms with Gasteiger partial charge in [0.15, 0.2) is 0 Å². The molecule has 1 aliphatic carbocycles. The molecule has 0 saturated carbocycles. The number of ether oxygens (including phenoxy) is 1. The van der Waals surface area contributed by atoms with Crippen LogP contribution in [0.15, 0.2) is 72.8 Å². The second-order valence-electron chi connectivity index (χ2n) is 6.93. The summed E-state index contributed by atoms with van der Waals surface area (Å²) >= 11 is 0. The van der Waals surface area contributed by atoms with Crippen LogP contribution in [0.1, 0.15) is 29.0 Å². The minimum absolute atomic E-state index is 0.0680. The second kappa shape index (κ2) is 8.53. The molecule has 0 heterocycles. The molecule has 0 radical (unpaired) electrons. The minimum atomic E-state index is -0.416. The molecule has 0 aromatic heterocycles. The number of benzene rings is 3. The van der Waals surface area contributed by atoms with Crippen LogP contribution in [0.25, 0.3) is 11.1 Å². The summed E-state index contributed by atoms with van der Waals surface area (Å²) in [5.41, 5.74) is 12.1. The van der Waals surface area contributed by atoms with Crippen molar-refractivity contribution in [3.05, 3.63) is 89.5 Å². The van der Waals surface area contributed by atoms with Gasteiger partial charge in [-0.15, -0.1) is 0 Å². The average Bonchev–Trinajstić information content (AvgIpc) is 3.07. The van der Waals surface area contributed by atoms with Gasteiger partial charge in [-0.3, -0.25) is 0 Å². The number of hydrogen-bond donors (Lipinski definition) is 2. The van der Waals surface area contributed by atoms with Crippen molar-refractivity contribution in [3.8, 4) is 23.0 Å². The number of hydrogen-bond acceptors (Lipinski definition) is 3. The van der Waals surface area contributed by atoms with Crippen molar-refractivity contribution >= 4 is 11.8 Å². The predicted molar refractivity (Wildman–Crippen MR) is 115 cm³/mol. The molecule has 0 fully saturated rings. The van der Waals surface area contributed by atoms with E-state index in [1.807, 2.05) is 48.5 Å². The minimum Gasteiger partial charge on any atom is -0.449 e. The summed E-state index contributed by atoms with van der Waals surface area (Å²) in [6.07, 6.45) is 0.135. The Morgan fingerprint density at radius 1 is 0.931 bits per heavy atom. The summed E-state index contributed by atoms with van der Waals surface area (Å²) in [5, 5.41) is 2.77. The third kappa shape index (κ3) is 4.25. The summed E-state index contributed by atoms with van der Waals surface area (Å²) in [6, 6.07) is 24.0. The van der Waals surface area contributed by atoms with Gasteiger partial charge in [-0.1, -0.05) is 60.4 Å². The molecule has 4 heteroatoms. The molecule has 1 amide bonds. The first-order chi connectivity index (χ1) is 14.2. The topological polar surface area (TPSA) is 64.3 Å². The van der Waals surface area contributed by atoms with Crippen molar-refractivity contribution in [2.75, 3.05) is 18.9 Å². The molecule has 0 saturated heterocycles. The summed E-state index contributed by atoms with van der Waals surface area (Å²) in [7, 11) is 0. The fourth-order valence-electron chi connectivity index (χ4n) is 3.61. The highest BCUT2D eigenvalue weighted by Gasteiger charge is 2.28. The number of nitrogen functional groups attached to an aromatic ring is 1. The van der Waals surface area contributed by atoms with E-state index in [1.54, 1.807) is 0 Å². The van der Waals surface area contributed by atoms with Crippen LogP contribution < -0.4 is 11.1 Å². The van der Waals surface area contributed by atoms with E-state index in [9.17, 15) is 4.79 Å². The Morgan fingerprint density at radius 2 is 1.55 bits per heavy atom. The largest absolute Gasteiger partial charge is 0.449 e. The molecule has 4 nitrogen and oxygen atoms in total. The first-order valence-corrected chi connectivity index (χ1v) is 9.65. The molecule has 0 aliphatic heterocycles.